The third-order valence-corrected chi connectivity index (χ3v) is 10.2. The third-order valence-electron chi connectivity index (χ3n) is 10.2. The molecular formula is C32H44N4O6. The fraction of sp³-hybridized carbons (Fsp3) is 0.656. The van der Waals surface area contributed by atoms with Crippen LogP contribution in [0.25, 0.3) is 0 Å². The quantitative estimate of drug-likeness (QED) is 0.342. The number of Topliss-reactive ketones (excluding diaryl/α,β-unsaturated/α-hetero) is 1. The van der Waals surface area contributed by atoms with E-state index >= 15 is 0 Å². The zero-order valence-electron chi connectivity index (χ0n) is 25.2. The van der Waals surface area contributed by atoms with Crippen molar-refractivity contribution in [3.63, 3.8) is 0 Å². The number of carbonyl (C=O) groups is 5. The van der Waals surface area contributed by atoms with Gasteiger partial charge in [0.2, 0.25) is 17.6 Å². The average Bonchev–Trinajstić information content (AvgIpc) is 3.68. The van der Waals surface area contributed by atoms with Gasteiger partial charge in [0.05, 0.1) is 6.04 Å². The Morgan fingerprint density at radius 3 is 2.19 bits per heavy atom. The maximum atomic E-state index is 14.4. The van der Waals surface area contributed by atoms with Gasteiger partial charge in [-0.05, 0) is 72.3 Å². The maximum absolute atomic E-state index is 14.4. The standard InChI is InChI=1S/C32H44N4O6/c1-16(2)17(3)42-31(41)35-25(21-13-19-8-6-7-9-20(19)14-21)30(40)36-15-22-24(32(22,4)5)26(36)29(39)34-23(12-18-10-11-18)27(37)28(33)38/h6-9,16-18,21-26H,10-15H2,1-5H3,(H2,33,38)(H,34,39)(H,35,41)/t17?,22-,23?,24-,25?,26?/m1/s1. The number of nitrogens with two attached hydrogens (primary N) is 1. The van der Waals surface area contributed by atoms with E-state index in [1.165, 1.54) is 0 Å². The predicted octanol–water partition coefficient (Wildman–Crippen LogP) is 2.36. The Labute approximate surface area is 247 Å². The first-order valence-corrected chi connectivity index (χ1v) is 15.3. The van der Waals surface area contributed by atoms with Crippen molar-refractivity contribution in [2.24, 2.45) is 40.7 Å². The molecule has 1 aliphatic heterocycles. The maximum Gasteiger partial charge on any atom is 0.408 e. The smallest absolute Gasteiger partial charge is 0.408 e. The second kappa shape index (κ2) is 11.3. The topological polar surface area (TPSA) is 148 Å². The third kappa shape index (κ3) is 5.90. The number of primary amides is 1. The molecule has 0 bridgehead atoms. The molecule has 42 heavy (non-hydrogen) atoms. The molecule has 4 N–H and O–H groups in total. The van der Waals surface area contributed by atoms with Crippen molar-refractivity contribution in [3.8, 4) is 0 Å². The monoisotopic (exact) mass is 580 g/mol. The van der Waals surface area contributed by atoms with Crippen LogP contribution in [0.15, 0.2) is 24.3 Å². The van der Waals surface area contributed by atoms with Gasteiger partial charge in [-0.25, -0.2) is 4.79 Å². The van der Waals surface area contributed by atoms with Gasteiger partial charge in [-0.1, -0.05) is 64.8 Å². The van der Waals surface area contributed by atoms with Crippen molar-refractivity contribution in [1.82, 2.24) is 15.5 Å². The lowest BCUT2D eigenvalue weighted by atomic mass is 9.93. The van der Waals surface area contributed by atoms with Gasteiger partial charge in [-0.3, -0.25) is 19.2 Å². The molecule has 4 aliphatic rings. The molecule has 2 saturated carbocycles. The van der Waals surface area contributed by atoms with E-state index in [0.717, 1.165) is 24.0 Å². The summed E-state index contributed by atoms with van der Waals surface area (Å²) in [5.74, 6) is -2.50. The highest BCUT2D eigenvalue weighted by Crippen LogP contribution is 2.65. The number of ketones is 1. The highest BCUT2D eigenvalue weighted by molar-refractivity contribution is 6.37. The average molecular weight is 581 g/mol. The first-order chi connectivity index (χ1) is 19.8. The van der Waals surface area contributed by atoms with Gasteiger partial charge in [0, 0.05) is 6.54 Å². The van der Waals surface area contributed by atoms with Crippen LogP contribution in [-0.4, -0.2) is 65.3 Å². The number of nitrogens with zero attached hydrogens (tertiary/aromatic N) is 1. The van der Waals surface area contributed by atoms with Crippen molar-refractivity contribution in [2.75, 3.05) is 6.54 Å². The Bertz CT molecular complexity index is 1250. The summed E-state index contributed by atoms with van der Waals surface area (Å²) < 4.78 is 5.59. The van der Waals surface area contributed by atoms with Crippen LogP contribution < -0.4 is 16.4 Å². The summed E-state index contributed by atoms with van der Waals surface area (Å²) in [6, 6.07) is 5.28. The minimum Gasteiger partial charge on any atom is -0.446 e. The molecule has 1 heterocycles. The van der Waals surface area contributed by atoms with E-state index in [1.807, 2.05) is 45.0 Å². The molecule has 1 saturated heterocycles. The Balaban J connectivity index is 1.39. The van der Waals surface area contributed by atoms with Crippen molar-refractivity contribution in [2.45, 2.75) is 91.0 Å². The van der Waals surface area contributed by atoms with Crippen molar-refractivity contribution < 1.29 is 28.7 Å². The number of amides is 4. The van der Waals surface area contributed by atoms with E-state index < -0.39 is 41.8 Å². The lowest BCUT2D eigenvalue weighted by Gasteiger charge is -2.35. The van der Waals surface area contributed by atoms with Crippen LogP contribution in [-0.2, 0) is 36.8 Å². The molecule has 3 aliphatic carbocycles. The summed E-state index contributed by atoms with van der Waals surface area (Å²) in [6.45, 7) is 10.3. The summed E-state index contributed by atoms with van der Waals surface area (Å²) in [4.78, 5) is 67.2. The summed E-state index contributed by atoms with van der Waals surface area (Å²) in [5, 5.41) is 5.67. The van der Waals surface area contributed by atoms with Crippen LogP contribution in [0.1, 0.15) is 65.0 Å². The second-order valence-corrected chi connectivity index (χ2v) is 13.8. The number of likely N-dealkylation sites (tertiary alicyclic amines) is 1. The molecule has 4 amide bonds. The van der Waals surface area contributed by atoms with Gasteiger partial charge in [-0.2, -0.15) is 0 Å². The summed E-state index contributed by atoms with van der Waals surface area (Å²) in [6.07, 6.45) is 2.47. The van der Waals surface area contributed by atoms with Gasteiger partial charge >= 0.3 is 6.09 Å². The molecule has 5 rings (SSSR count). The number of ether oxygens (including phenoxy) is 1. The molecular weight excluding hydrogens is 536 g/mol. The summed E-state index contributed by atoms with van der Waals surface area (Å²) in [5.41, 5.74) is 7.42. The molecule has 3 fully saturated rings. The van der Waals surface area contributed by atoms with E-state index in [2.05, 4.69) is 24.5 Å². The number of hydrogen-bond donors (Lipinski definition) is 3. The van der Waals surface area contributed by atoms with Crippen LogP contribution in [0.3, 0.4) is 0 Å². The van der Waals surface area contributed by atoms with E-state index in [0.29, 0.717) is 25.8 Å². The lowest BCUT2D eigenvalue weighted by molar-refractivity contribution is -0.144. The second-order valence-electron chi connectivity index (χ2n) is 13.8. The van der Waals surface area contributed by atoms with E-state index in [9.17, 15) is 24.0 Å². The minimum absolute atomic E-state index is 0.0963. The molecule has 10 nitrogen and oxygen atoms in total. The zero-order valence-corrected chi connectivity index (χ0v) is 25.2. The molecule has 1 aromatic rings. The number of benzene rings is 1. The van der Waals surface area contributed by atoms with Crippen LogP contribution in [0.2, 0.25) is 0 Å². The van der Waals surface area contributed by atoms with Crippen LogP contribution in [0.4, 0.5) is 4.79 Å². The highest BCUT2D eigenvalue weighted by Gasteiger charge is 2.69. The van der Waals surface area contributed by atoms with Gasteiger partial charge in [-0.15, -0.1) is 0 Å². The number of piperidine rings is 1. The number of fused-ring (bicyclic) bond motifs is 2. The van der Waals surface area contributed by atoms with Crippen LogP contribution >= 0.6 is 0 Å². The fourth-order valence-corrected chi connectivity index (χ4v) is 7.01. The number of nitrogens with one attached hydrogen (secondary N) is 2. The molecule has 0 radical (unpaired) electrons. The summed E-state index contributed by atoms with van der Waals surface area (Å²) in [7, 11) is 0. The van der Waals surface area contributed by atoms with Gasteiger partial charge in [0.1, 0.15) is 18.2 Å². The molecule has 0 spiro atoms. The van der Waals surface area contributed by atoms with E-state index in [-0.39, 0.29) is 47.0 Å². The predicted molar refractivity (Wildman–Crippen MR) is 155 cm³/mol. The minimum atomic E-state index is -1.08. The molecule has 0 aromatic heterocycles. The zero-order chi connectivity index (χ0) is 30.5. The van der Waals surface area contributed by atoms with Crippen molar-refractivity contribution >= 4 is 29.6 Å². The molecule has 1 aromatic carbocycles. The number of alkyl carbamates (subject to hydrolysis) is 1. The fourth-order valence-electron chi connectivity index (χ4n) is 7.01. The Kier molecular flexibility index (Phi) is 8.11. The van der Waals surface area contributed by atoms with Crippen molar-refractivity contribution in [1.29, 1.82) is 0 Å². The van der Waals surface area contributed by atoms with Crippen molar-refractivity contribution in [3.05, 3.63) is 35.4 Å². The van der Waals surface area contributed by atoms with E-state index in [4.69, 9.17) is 10.5 Å². The molecule has 228 valence electrons. The molecule has 4 unspecified atom stereocenters. The number of rotatable bonds is 11. The lowest BCUT2D eigenvalue weighted by Crippen LogP contribution is -2.59. The number of hydrogen-bond acceptors (Lipinski definition) is 6. The van der Waals surface area contributed by atoms with Gasteiger partial charge in [0.15, 0.2) is 0 Å². The van der Waals surface area contributed by atoms with Gasteiger partial charge < -0.3 is 26.0 Å². The first kappa shape index (κ1) is 30.0. The highest BCUT2D eigenvalue weighted by atomic mass is 16.6. The Morgan fingerprint density at radius 2 is 1.64 bits per heavy atom. The summed E-state index contributed by atoms with van der Waals surface area (Å²) >= 11 is 0. The molecule has 6 atom stereocenters. The Morgan fingerprint density at radius 1 is 1.02 bits per heavy atom. The molecule has 10 heteroatoms. The normalized spacial score (nSPS) is 26.0. The van der Waals surface area contributed by atoms with Crippen LogP contribution in [0.5, 0.6) is 0 Å². The van der Waals surface area contributed by atoms with E-state index in [1.54, 1.807) is 4.90 Å². The SMILES string of the molecule is CC(C)C(C)OC(=O)NC(C(=O)N1C[C@@H]2[C@H](C1C(=O)NC(CC1CC1)C(=O)C(N)=O)C2(C)C)C1Cc2ccccc2C1. The first-order valence-electron chi connectivity index (χ1n) is 15.3. The Hall–Kier alpha value is -3.43. The largest absolute Gasteiger partial charge is 0.446 e. The van der Waals surface area contributed by atoms with Crippen LogP contribution in [0, 0.1) is 35.0 Å². The van der Waals surface area contributed by atoms with Gasteiger partial charge in [0.25, 0.3) is 5.91 Å². The number of carbonyl (C=O) groups excluding carboxylic acids is 5.